The van der Waals surface area contributed by atoms with E-state index >= 15 is 0 Å². The van der Waals surface area contributed by atoms with Crippen LogP contribution in [0.5, 0.6) is 17.2 Å². The largest absolute Gasteiger partial charge is 0.490 e. The van der Waals surface area contributed by atoms with E-state index in [0.29, 0.717) is 60.2 Å². The van der Waals surface area contributed by atoms with Gasteiger partial charge in [0.1, 0.15) is 0 Å². The van der Waals surface area contributed by atoms with E-state index in [0.717, 1.165) is 28.9 Å². The number of carbonyl (C=O) groups is 2. The van der Waals surface area contributed by atoms with Crippen LogP contribution in [0.1, 0.15) is 53.6 Å². The molecular weight excluding hydrogens is 590 g/mol. The van der Waals surface area contributed by atoms with Gasteiger partial charge in [-0.05, 0) is 82.0 Å². The first-order chi connectivity index (χ1) is 21.8. The smallest absolute Gasteiger partial charge is 0.251 e. The van der Waals surface area contributed by atoms with Crippen molar-refractivity contribution in [1.29, 1.82) is 0 Å². The molecule has 1 aromatic heterocycles. The summed E-state index contributed by atoms with van der Waals surface area (Å²) in [6, 6.07) is 17.5. The zero-order chi connectivity index (χ0) is 31.9. The number of anilines is 1. The zero-order valence-corrected chi connectivity index (χ0v) is 27.2. The minimum atomic E-state index is -0.326. The summed E-state index contributed by atoms with van der Waals surface area (Å²) in [4.78, 5) is 28.6. The lowest BCUT2D eigenvalue weighted by Gasteiger charge is -2.18. The molecule has 3 aromatic carbocycles. The molecule has 236 valence electrons. The average molecular weight is 630 g/mol. The molecule has 0 fully saturated rings. The number of nitrogens with one attached hydrogen (secondary N) is 1. The maximum Gasteiger partial charge on any atom is 0.251 e. The molecule has 0 radical (unpaired) electrons. The van der Waals surface area contributed by atoms with E-state index < -0.39 is 0 Å². The third-order valence-electron chi connectivity index (χ3n) is 7.40. The van der Waals surface area contributed by atoms with E-state index in [-0.39, 0.29) is 24.1 Å². The van der Waals surface area contributed by atoms with Crippen molar-refractivity contribution in [2.45, 2.75) is 52.7 Å². The van der Waals surface area contributed by atoms with Crippen LogP contribution in [0, 0.1) is 13.8 Å². The number of ether oxygens (including phenoxy) is 3. The second-order valence-corrected chi connectivity index (χ2v) is 11.5. The first-order valence-electron chi connectivity index (χ1n) is 15.2. The van der Waals surface area contributed by atoms with Crippen molar-refractivity contribution in [2.75, 3.05) is 37.0 Å². The number of aromatic nitrogens is 3. The van der Waals surface area contributed by atoms with Crippen LogP contribution in [0.25, 0.3) is 5.69 Å². The Morgan fingerprint density at radius 2 is 1.60 bits per heavy atom. The Balaban J connectivity index is 1.39. The van der Waals surface area contributed by atoms with Crippen molar-refractivity contribution in [2.24, 2.45) is 0 Å². The highest BCUT2D eigenvalue weighted by Gasteiger charge is 2.26. The summed E-state index contributed by atoms with van der Waals surface area (Å²) in [6.07, 6.45) is 0.849. The summed E-state index contributed by atoms with van der Waals surface area (Å²) in [5, 5.41) is 12.5. The molecule has 0 aliphatic carbocycles. The monoisotopic (exact) mass is 629 g/mol. The number of para-hydroxylation sites is 1. The van der Waals surface area contributed by atoms with Crippen molar-refractivity contribution in [3.8, 4) is 22.9 Å². The van der Waals surface area contributed by atoms with Gasteiger partial charge in [-0.1, -0.05) is 42.1 Å². The third kappa shape index (κ3) is 7.09. The number of hydrogen-bond acceptors (Lipinski definition) is 8. The maximum atomic E-state index is 13.5. The summed E-state index contributed by atoms with van der Waals surface area (Å²) in [5.74, 6) is 1.79. The predicted molar refractivity (Wildman–Crippen MR) is 175 cm³/mol. The predicted octanol–water partition coefficient (Wildman–Crippen LogP) is 5.69. The molecule has 0 unspecified atom stereocenters. The van der Waals surface area contributed by atoms with Gasteiger partial charge < -0.3 is 24.4 Å². The van der Waals surface area contributed by atoms with Crippen LogP contribution in [0.15, 0.2) is 59.8 Å². The number of fused-ring (bicyclic) bond motifs is 1. The fraction of sp³-hybridized carbons (Fsp3) is 0.353. The van der Waals surface area contributed by atoms with Crippen LogP contribution < -0.4 is 24.4 Å². The molecule has 10 nitrogen and oxygen atoms in total. The SMILES string of the molecule is CCOc1cc(C(=O)NCc2nnc(SCC(=O)N3CCc4ccccc43)n2-c2cc(C)ccc2C)cc(OCC)c1OCC. The first kappa shape index (κ1) is 31.9. The molecule has 5 rings (SSSR count). The molecule has 2 heterocycles. The molecule has 1 aliphatic rings. The molecule has 45 heavy (non-hydrogen) atoms. The van der Waals surface area contributed by atoms with Gasteiger partial charge in [0.05, 0.1) is 37.8 Å². The quantitative estimate of drug-likeness (QED) is 0.188. The van der Waals surface area contributed by atoms with Gasteiger partial charge in [-0.3, -0.25) is 14.2 Å². The molecule has 0 saturated heterocycles. The Kier molecular flexibility index (Phi) is 10.3. The second kappa shape index (κ2) is 14.5. The Morgan fingerprint density at radius 3 is 2.31 bits per heavy atom. The van der Waals surface area contributed by atoms with E-state index in [2.05, 4.69) is 27.6 Å². The summed E-state index contributed by atoms with van der Waals surface area (Å²) in [7, 11) is 0. The van der Waals surface area contributed by atoms with E-state index in [4.69, 9.17) is 14.2 Å². The lowest BCUT2D eigenvalue weighted by atomic mass is 10.1. The lowest BCUT2D eigenvalue weighted by molar-refractivity contribution is -0.116. The topological polar surface area (TPSA) is 108 Å². The summed E-state index contributed by atoms with van der Waals surface area (Å²) < 4.78 is 19.3. The average Bonchev–Trinajstić information content (AvgIpc) is 3.66. The Hall–Kier alpha value is -4.51. The van der Waals surface area contributed by atoms with Crippen LogP contribution in [0.3, 0.4) is 0 Å². The fourth-order valence-electron chi connectivity index (χ4n) is 5.29. The summed E-state index contributed by atoms with van der Waals surface area (Å²) >= 11 is 1.34. The molecule has 2 amide bonds. The van der Waals surface area contributed by atoms with Crippen molar-refractivity contribution < 1.29 is 23.8 Å². The van der Waals surface area contributed by atoms with E-state index in [1.54, 1.807) is 12.1 Å². The van der Waals surface area contributed by atoms with Crippen molar-refractivity contribution in [3.05, 3.63) is 82.7 Å². The highest BCUT2D eigenvalue weighted by Crippen LogP contribution is 2.39. The van der Waals surface area contributed by atoms with Gasteiger partial charge in [0, 0.05) is 17.8 Å². The molecule has 0 spiro atoms. The van der Waals surface area contributed by atoms with Gasteiger partial charge in [-0.2, -0.15) is 0 Å². The lowest BCUT2D eigenvalue weighted by Crippen LogP contribution is -2.30. The van der Waals surface area contributed by atoms with Crippen molar-refractivity contribution in [1.82, 2.24) is 20.1 Å². The van der Waals surface area contributed by atoms with Crippen LogP contribution in [-0.4, -0.2) is 58.7 Å². The van der Waals surface area contributed by atoms with Crippen molar-refractivity contribution in [3.63, 3.8) is 0 Å². The van der Waals surface area contributed by atoms with E-state index in [1.165, 1.54) is 17.3 Å². The van der Waals surface area contributed by atoms with Gasteiger partial charge >= 0.3 is 0 Å². The normalized spacial score (nSPS) is 12.2. The molecule has 0 saturated carbocycles. The summed E-state index contributed by atoms with van der Waals surface area (Å²) in [5.41, 5.74) is 5.50. The molecule has 11 heteroatoms. The minimum absolute atomic E-state index is 0.0148. The number of hydrogen-bond donors (Lipinski definition) is 1. The van der Waals surface area contributed by atoms with Gasteiger partial charge in [-0.15, -0.1) is 10.2 Å². The van der Waals surface area contributed by atoms with Gasteiger partial charge in [0.25, 0.3) is 5.91 Å². The molecular formula is C34H39N5O5S. The number of nitrogens with zero attached hydrogens (tertiary/aromatic N) is 4. The molecule has 4 aromatic rings. The number of aryl methyl sites for hydroxylation is 2. The minimum Gasteiger partial charge on any atom is -0.490 e. The van der Waals surface area contributed by atoms with Gasteiger partial charge in [0.2, 0.25) is 11.7 Å². The fourth-order valence-corrected chi connectivity index (χ4v) is 6.13. The number of thioether (sulfide) groups is 1. The Labute approximate surface area is 268 Å². The highest BCUT2D eigenvalue weighted by atomic mass is 32.2. The number of benzene rings is 3. The highest BCUT2D eigenvalue weighted by molar-refractivity contribution is 7.99. The van der Waals surface area contributed by atoms with E-state index in [9.17, 15) is 9.59 Å². The Morgan fingerprint density at radius 1 is 0.889 bits per heavy atom. The molecule has 1 N–H and O–H groups in total. The molecule has 0 bridgehead atoms. The zero-order valence-electron chi connectivity index (χ0n) is 26.4. The van der Waals surface area contributed by atoms with Crippen molar-refractivity contribution >= 4 is 29.3 Å². The molecule has 1 aliphatic heterocycles. The second-order valence-electron chi connectivity index (χ2n) is 10.5. The van der Waals surface area contributed by atoms with Gasteiger partial charge in [-0.25, -0.2) is 0 Å². The summed E-state index contributed by atoms with van der Waals surface area (Å²) in [6.45, 7) is 11.7. The number of carbonyl (C=O) groups excluding carboxylic acids is 2. The maximum absolute atomic E-state index is 13.5. The Bertz CT molecular complexity index is 1660. The standard InChI is InChI=1S/C34H39N5O5S/c1-6-42-28-18-25(19-29(43-7-2)32(28)44-8-3)33(41)35-20-30-36-37-34(39(30)27-17-22(4)13-14-23(27)5)45-21-31(40)38-16-15-24-11-9-10-12-26(24)38/h9-14,17-19H,6-8,15-16,20-21H2,1-5H3,(H,35,41). The van der Waals surface area contributed by atoms with Gasteiger partial charge in [0.15, 0.2) is 22.5 Å². The van der Waals surface area contributed by atoms with Crippen LogP contribution >= 0.6 is 11.8 Å². The van der Waals surface area contributed by atoms with Crippen LogP contribution in [-0.2, 0) is 17.8 Å². The van der Waals surface area contributed by atoms with Crippen LogP contribution in [0.4, 0.5) is 5.69 Å². The number of rotatable bonds is 13. The van der Waals surface area contributed by atoms with Crippen LogP contribution in [0.2, 0.25) is 0 Å². The van der Waals surface area contributed by atoms with E-state index in [1.807, 2.05) is 74.4 Å². The number of amides is 2. The molecule has 0 atom stereocenters. The first-order valence-corrected chi connectivity index (χ1v) is 16.2. The third-order valence-corrected chi connectivity index (χ3v) is 8.31.